The summed E-state index contributed by atoms with van der Waals surface area (Å²) in [6.07, 6.45) is 3.49. The highest BCUT2D eigenvalue weighted by Crippen LogP contribution is 2.12. The Morgan fingerprint density at radius 3 is 2.45 bits per heavy atom. The number of halogens is 2. The normalized spacial score (nSPS) is 14.5. The van der Waals surface area contributed by atoms with Crippen LogP contribution < -0.4 is 5.32 Å². The highest BCUT2D eigenvalue weighted by Gasteiger charge is 2.25. The molecule has 1 N–H and O–H groups in total. The van der Waals surface area contributed by atoms with Gasteiger partial charge < -0.3 is 19.5 Å². The van der Waals surface area contributed by atoms with Crippen LogP contribution in [0.4, 0.5) is 0 Å². The fourth-order valence-electron chi connectivity index (χ4n) is 3.22. The lowest BCUT2D eigenvalue weighted by Crippen LogP contribution is -2.53. The number of nitrogens with zero attached hydrogens (tertiary/aromatic N) is 3. The number of guanidine groups is 1. The van der Waals surface area contributed by atoms with Crippen molar-refractivity contribution in [3.63, 3.8) is 0 Å². The first kappa shape index (κ1) is 23.5. The number of amides is 1. The second-order valence-corrected chi connectivity index (χ2v) is 7.16. The van der Waals surface area contributed by atoms with E-state index in [2.05, 4.69) is 29.3 Å². The van der Waals surface area contributed by atoms with E-state index in [-0.39, 0.29) is 29.9 Å². The molecule has 0 spiro atoms. The Morgan fingerprint density at radius 1 is 1.14 bits per heavy atom. The molecule has 0 atom stereocenters. The van der Waals surface area contributed by atoms with Gasteiger partial charge in [-0.25, -0.2) is 0 Å². The summed E-state index contributed by atoms with van der Waals surface area (Å²) >= 11 is 5.93. The summed E-state index contributed by atoms with van der Waals surface area (Å²) in [5.74, 6) is 1.27. The molecule has 158 valence electrons. The molecule has 6 nitrogen and oxygen atoms in total. The van der Waals surface area contributed by atoms with Crippen LogP contribution in [0, 0.1) is 0 Å². The van der Waals surface area contributed by atoms with Gasteiger partial charge in [0.15, 0.2) is 11.7 Å². The number of aliphatic imine (C=N–C) groups is 1. The third-order valence-corrected chi connectivity index (χ3v) is 4.98. The van der Waals surface area contributed by atoms with E-state index in [0.29, 0.717) is 18.8 Å². The molecule has 0 unspecified atom stereocenters. The quantitative estimate of drug-likeness (QED) is 0.266. The summed E-state index contributed by atoms with van der Waals surface area (Å²) in [7, 11) is 0. The van der Waals surface area contributed by atoms with Crippen molar-refractivity contribution in [3.8, 4) is 0 Å². The van der Waals surface area contributed by atoms with E-state index in [0.717, 1.165) is 50.0 Å². The minimum Gasteiger partial charge on any atom is -0.459 e. The van der Waals surface area contributed by atoms with E-state index >= 15 is 0 Å². The zero-order valence-corrected chi connectivity index (χ0v) is 19.7. The summed E-state index contributed by atoms with van der Waals surface area (Å²) in [5, 5.41) is 4.13. The SMILES string of the molecule is CCNC(=NCCCc1ccc(Cl)cc1)N1CCN(C(=O)c2ccco2)CC1.I. The Morgan fingerprint density at radius 2 is 1.83 bits per heavy atom. The summed E-state index contributed by atoms with van der Waals surface area (Å²) < 4.78 is 5.22. The predicted octanol–water partition coefficient (Wildman–Crippen LogP) is 3.91. The van der Waals surface area contributed by atoms with E-state index < -0.39 is 0 Å². The molecule has 8 heteroatoms. The first-order chi connectivity index (χ1) is 13.7. The molecular formula is C21H28ClIN4O2. The molecule has 0 aliphatic carbocycles. The Kier molecular flexibility index (Phi) is 9.80. The van der Waals surface area contributed by atoms with E-state index in [1.54, 1.807) is 12.1 Å². The highest BCUT2D eigenvalue weighted by molar-refractivity contribution is 14.0. The van der Waals surface area contributed by atoms with Gasteiger partial charge in [-0.3, -0.25) is 9.79 Å². The summed E-state index contributed by atoms with van der Waals surface area (Å²) in [6, 6.07) is 11.4. The number of benzene rings is 1. The Labute approximate surface area is 194 Å². The zero-order valence-electron chi connectivity index (χ0n) is 16.6. The Bertz CT molecular complexity index is 772. The van der Waals surface area contributed by atoms with Gasteiger partial charge in [0.05, 0.1) is 6.26 Å². The molecule has 0 bridgehead atoms. The molecule has 2 aromatic rings. The number of piperazine rings is 1. The molecule has 1 aliphatic rings. The van der Waals surface area contributed by atoms with Crippen LogP contribution in [-0.4, -0.2) is 60.9 Å². The number of hydrogen-bond acceptors (Lipinski definition) is 3. The van der Waals surface area contributed by atoms with Crippen molar-refractivity contribution in [1.82, 2.24) is 15.1 Å². The fourth-order valence-corrected chi connectivity index (χ4v) is 3.35. The molecule has 2 heterocycles. The van der Waals surface area contributed by atoms with Crippen LogP contribution >= 0.6 is 35.6 Å². The third kappa shape index (κ3) is 6.92. The lowest BCUT2D eigenvalue weighted by Gasteiger charge is -2.36. The molecule has 29 heavy (non-hydrogen) atoms. The van der Waals surface area contributed by atoms with Gasteiger partial charge in [0.25, 0.3) is 5.91 Å². The van der Waals surface area contributed by atoms with Crippen LogP contribution in [0.1, 0.15) is 29.5 Å². The van der Waals surface area contributed by atoms with Crippen molar-refractivity contribution in [2.45, 2.75) is 19.8 Å². The number of rotatable bonds is 6. The average Bonchev–Trinajstić information content (AvgIpc) is 3.26. The molecule has 1 aromatic carbocycles. The van der Waals surface area contributed by atoms with Gasteiger partial charge >= 0.3 is 0 Å². The summed E-state index contributed by atoms with van der Waals surface area (Å²) in [4.78, 5) is 21.2. The van der Waals surface area contributed by atoms with Gasteiger partial charge in [-0.05, 0) is 49.6 Å². The van der Waals surface area contributed by atoms with E-state index in [1.807, 2.05) is 17.0 Å². The molecular weight excluding hydrogens is 503 g/mol. The smallest absolute Gasteiger partial charge is 0.289 e. The van der Waals surface area contributed by atoms with E-state index in [4.69, 9.17) is 21.0 Å². The Hall–Kier alpha value is -1.74. The van der Waals surface area contributed by atoms with Crippen molar-refractivity contribution < 1.29 is 9.21 Å². The standard InChI is InChI=1S/C21H27ClN4O2.HI/c1-2-23-21(24-11-3-5-17-7-9-18(22)10-8-17)26-14-12-25(13-15-26)20(27)19-6-4-16-28-19;/h4,6-10,16H,2-3,5,11-15H2,1H3,(H,23,24);1H. The van der Waals surface area contributed by atoms with E-state index in [1.165, 1.54) is 11.8 Å². The van der Waals surface area contributed by atoms with Gasteiger partial charge in [0.2, 0.25) is 0 Å². The molecule has 0 saturated carbocycles. The third-order valence-electron chi connectivity index (χ3n) is 4.73. The van der Waals surface area contributed by atoms with Crippen molar-refractivity contribution in [2.75, 3.05) is 39.3 Å². The maximum absolute atomic E-state index is 12.4. The van der Waals surface area contributed by atoms with Gasteiger partial charge in [-0.2, -0.15) is 0 Å². The van der Waals surface area contributed by atoms with Gasteiger partial charge in [-0.15, -0.1) is 24.0 Å². The zero-order chi connectivity index (χ0) is 19.8. The molecule has 1 aliphatic heterocycles. The summed E-state index contributed by atoms with van der Waals surface area (Å²) in [6.45, 7) is 6.49. The lowest BCUT2D eigenvalue weighted by atomic mass is 10.1. The van der Waals surface area contributed by atoms with E-state index in [9.17, 15) is 4.79 Å². The average molecular weight is 531 g/mol. The number of nitrogens with one attached hydrogen (secondary N) is 1. The minimum absolute atomic E-state index is 0. The fraction of sp³-hybridized carbons (Fsp3) is 0.429. The number of aryl methyl sites for hydroxylation is 1. The molecule has 0 radical (unpaired) electrons. The van der Waals surface area contributed by atoms with Crippen LogP contribution in [-0.2, 0) is 6.42 Å². The Balaban J connectivity index is 0.00000300. The number of carbonyl (C=O) groups excluding carboxylic acids is 1. The van der Waals surface area contributed by atoms with Crippen molar-refractivity contribution in [1.29, 1.82) is 0 Å². The minimum atomic E-state index is -0.0467. The highest BCUT2D eigenvalue weighted by atomic mass is 127. The first-order valence-electron chi connectivity index (χ1n) is 9.78. The largest absolute Gasteiger partial charge is 0.459 e. The van der Waals surface area contributed by atoms with Crippen LogP contribution in [0.5, 0.6) is 0 Å². The van der Waals surface area contributed by atoms with Gasteiger partial charge in [0.1, 0.15) is 0 Å². The molecule has 1 aromatic heterocycles. The number of hydrogen-bond donors (Lipinski definition) is 1. The van der Waals surface area contributed by atoms with Crippen LogP contribution in [0.15, 0.2) is 52.1 Å². The van der Waals surface area contributed by atoms with Crippen LogP contribution in [0.2, 0.25) is 5.02 Å². The lowest BCUT2D eigenvalue weighted by molar-refractivity contribution is 0.0657. The monoisotopic (exact) mass is 530 g/mol. The van der Waals surface area contributed by atoms with Crippen LogP contribution in [0.3, 0.4) is 0 Å². The first-order valence-corrected chi connectivity index (χ1v) is 10.2. The molecule has 1 saturated heterocycles. The molecule has 1 amide bonds. The maximum atomic E-state index is 12.4. The molecule has 3 rings (SSSR count). The van der Waals surface area contributed by atoms with Gasteiger partial charge in [-0.1, -0.05) is 23.7 Å². The summed E-state index contributed by atoms with van der Waals surface area (Å²) in [5.41, 5.74) is 1.27. The maximum Gasteiger partial charge on any atom is 0.289 e. The number of furan rings is 1. The van der Waals surface area contributed by atoms with Crippen molar-refractivity contribution >= 4 is 47.4 Å². The molecule has 1 fully saturated rings. The predicted molar refractivity (Wildman–Crippen MR) is 127 cm³/mol. The number of carbonyl (C=O) groups is 1. The van der Waals surface area contributed by atoms with Crippen LogP contribution in [0.25, 0.3) is 0 Å². The van der Waals surface area contributed by atoms with Crippen molar-refractivity contribution in [2.24, 2.45) is 4.99 Å². The van der Waals surface area contributed by atoms with Crippen molar-refractivity contribution in [3.05, 3.63) is 59.0 Å². The van der Waals surface area contributed by atoms with Gasteiger partial charge in [0, 0.05) is 44.3 Å². The topological polar surface area (TPSA) is 61.1 Å². The second-order valence-electron chi connectivity index (χ2n) is 6.72. The second kappa shape index (κ2) is 12.1.